The molecule has 2 aromatic heterocycles. The smallest absolute Gasteiger partial charge is 0.317 e. The zero-order chi connectivity index (χ0) is 16.9. The van der Waals surface area contributed by atoms with E-state index in [0.717, 1.165) is 50.2 Å². The fraction of sp³-hybridized carbons (Fsp3) is 0.611. The first-order valence-corrected chi connectivity index (χ1v) is 8.97. The molecule has 0 radical (unpaired) electrons. The molecule has 1 aliphatic heterocycles. The van der Waals surface area contributed by atoms with Crippen LogP contribution in [0.15, 0.2) is 24.4 Å². The van der Waals surface area contributed by atoms with Gasteiger partial charge in [0, 0.05) is 31.7 Å². The number of hydrogen-bond acceptors (Lipinski definition) is 3. The van der Waals surface area contributed by atoms with Crippen molar-refractivity contribution in [2.24, 2.45) is 5.92 Å². The Hall–Kier alpha value is -2.11. The third-order valence-corrected chi connectivity index (χ3v) is 4.65. The molecular weight excluding hydrogens is 302 g/mol. The largest absolute Gasteiger partial charge is 0.338 e. The molecular formula is C18H27N5O. The Labute approximate surface area is 143 Å². The Morgan fingerprint density at radius 3 is 3.08 bits per heavy atom. The van der Waals surface area contributed by atoms with Crippen LogP contribution in [0, 0.1) is 5.92 Å². The Kier molecular flexibility index (Phi) is 5.33. The average Bonchev–Trinajstić information content (AvgIpc) is 3.02. The van der Waals surface area contributed by atoms with Gasteiger partial charge in [-0.1, -0.05) is 19.9 Å². The highest BCUT2D eigenvalue weighted by molar-refractivity contribution is 5.74. The van der Waals surface area contributed by atoms with Gasteiger partial charge in [-0.05, 0) is 43.7 Å². The maximum absolute atomic E-state index is 12.4. The Bertz CT molecular complexity index is 681. The minimum absolute atomic E-state index is 0.0530. The number of hydrogen-bond donors (Lipinski definition) is 1. The summed E-state index contributed by atoms with van der Waals surface area (Å²) in [6.07, 6.45) is 6.23. The third-order valence-electron chi connectivity index (χ3n) is 4.65. The first kappa shape index (κ1) is 16.7. The molecule has 130 valence electrons. The van der Waals surface area contributed by atoms with Gasteiger partial charge in [-0.25, -0.2) is 4.79 Å². The summed E-state index contributed by atoms with van der Waals surface area (Å²) in [6.45, 7) is 6.71. The van der Waals surface area contributed by atoms with Crippen LogP contribution in [0.25, 0.3) is 5.65 Å². The highest BCUT2D eigenvalue weighted by Gasteiger charge is 2.27. The molecule has 0 spiro atoms. The summed E-state index contributed by atoms with van der Waals surface area (Å²) in [5, 5.41) is 11.7. The van der Waals surface area contributed by atoms with E-state index in [2.05, 4.69) is 29.4 Å². The Morgan fingerprint density at radius 1 is 1.38 bits per heavy atom. The molecule has 0 aromatic carbocycles. The SMILES string of the molecule is CC(C)CCCNC(=O)N1CCC[C@@H](c2nnc3ccccn23)C1. The van der Waals surface area contributed by atoms with Crippen molar-refractivity contribution in [3.05, 3.63) is 30.2 Å². The van der Waals surface area contributed by atoms with Gasteiger partial charge in [-0.3, -0.25) is 4.40 Å². The van der Waals surface area contributed by atoms with Crippen LogP contribution in [0.5, 0.6) is 0 Å². The minimum Gasteiger partial charge on any atom is -0.338 e. The van der Waals surface area contributed by atoms with Gasteiger partial charge in [0.2, 0.25) is 0 Å². The molecule has 1 atom stereocenters. The average molecular weight is 329 g/mol. The van der Waals surface area contributed by atoms with Gasteiger partial charge < -0.3 is 10.2 Å². The van der Waals surface area contributed by atoms with E-state index in [1.165, 1.54) is 0 Å². The van der Waals surface area contributed by atoms with Gasteiger partial charge in [-0.2, -0.15) is 0 Å². The van der Waals surface area contributed by atoms with E-state index in [0.29, 0.717) is 12.5 Å². The predicted molar refractivity (Wildman–Crippen MR) is 94.0 cm³/mol. The van der Waals surface area contributed by atoms with Crippen molar-refractivity contribution in [2.45, 2.75) is 45.4 Å². The van der Waals surface area contributed by atoms with Crippen LogP contribution in [0.1, 0.15) is 51.3 Å². The maximum atomic E-state index is 12.4. The van der Waals surface area contributed by atoms with Gasteiger partial charge in [0.25, 0.3) is 0 Å². The van der Waals surface area contributed by atoms with Gasteiger partial charge >= 0.3 is 6.03 Å². The van der Waals surface area contributed by atoms with Crippen molar-refractivity contribution in [1.29, 1.82) is 0 Å². The van der Waals surface area contributed by atoms with Gasteiger partial charge in [-0.15, -0.1) is 10.2 Å². The second kappa shape index (κ2) is 7.64. The highest BCUT2D eigenvalue weighted by atomic mass is 16.2. The van der Waals surface area contributed by atoms with Crippen LogP contribution in [-0.4, -0.2) is 45.2 Å². The first-order valence-electron chi connectivity index (χ1n) is 8.97. The molecule has 1 saturated heterocycles. The number of carbonyl (C=O) groups is 1. The third kappa shape index (κ3) is 3.86. The topological polar surface area (TPSA) is 62.5 Å². The summed E-state index contributed by atoms with van der Waals surface area (Å²) in [6, 6.07) is 5.96. The van der Waals surface area contributed by atoms with Crippen molar-refractivity contribution >= 4 is 11.7 Å². The van der Waals surface area contributed by atoms with Crippen molar-refractivity contribution in [2.75, 3.05) is 19.6 Å². The molecule has 1 fully saturated rings. The number of likely N-dealkylation sites (tertiary alicyclic amines) is 1. The zero-order valence-electron chi connectivity index (χ0n) is 14.6. The number of rotatable bonds is 5. The number of piperidine rings is 1. The number of urea groups is 1. The van der Waals surface area contributed by atoms with Crippen LogP contribution in [0.3, 0.4) is 0 Å². The summed E-state index contributed by atoms with van der Waals surface area (Å²) < 4.78 is 2.04. The van der Waals surface area contributed by atoms with E-state index in [1.807, 2.05) is 33.7 Å². The predicted octanol–water partition coefficient (Wildman–Crippen LogP) is 3.05. The lowest BCUT2D eigenvalue weighted by Crippen LogP contribution is -2.45. The number of pyridine rings is 1. The fourth-order valence-corrected chi connectivity index (χ4v) is 3.33. The molecule has 24 heavy (non-hydrogen) atoms. The molecule has 0 bridgehead atoms. The van der Waals surface area contributed by atoms with Crippen LogP contribution in [0.4, 0.5) is 4.79 Å². The molecule has 2 amide bonds. The van der Waals surface area contributed by atoms with E-state index >= 15 is 0 Å². The van der Waals surface area contributed by atoms with E-state index in [-0.39, 0.29) is 11.9 Å². The summed E-state index contributed by atoms with van der Waals surface area (Å²) in [5.41, 5.74) is 0.864. The van der Waals surface area contributed by atoms with Gasteiger partial charge in [0.05, 0.1) is 0 Å². The standard InChI is InChI=1S/C18H27N5O/c1-14(2)7-5-10-19-18(24)22-11-6-8-15(13-22)17-21-20-16-9-3-4-12-23(16)17/h3-4,9,12,14-15H,5-8,10-11,13H2,1-2H3,(H,19,24)/t15-/m1/s1. The quantitative estimate of drug-likeness (QED) is 0.858. The molecule has 6 nitrogen and oxygen atoms in total. The first-order chi connectivity index (χ1) is 11.6. The molecule has 3 rings (SSSR count). The summed E-state index contributed by atoms with van der Waals surface area (Å²) in [7, 11) is 0. The fourth-order valence-electron chi connectivity index (χ4n) is 3.33. The van der Waals surface area contributed by atoms with Crippen LogP contribution < -0.4 is 5.32 Å². The lowest BCUT2D eigenvalue weighted by atomic mass is 9.97. The second-order valence-corrected chi connectivity index (χ2v) is 7.04. The van der Waals surface area contributed by atoms with Crippen molar-refractivity contribution in [1.82, 2.24) is 24.8 Å². The maximum Gasteiger partial charge on any atom is 0.317 e. The van der Waals surface area contributed by atoms with E-state index < -0.39 is 0 Å². The number of fused-ring (bicyclic) bond motifs is 1. The molecule has 0 saturated carbocycles. The van der Waals surface area contributed by atoms with Gasteiger partial charge in [0.15, 0.2) is 5.65 Å². The summed E-state index contributed by atoms with van der Waals surface area (Å²) in [4.78, 5) is 14.3. The summed E-state index contributed by atoms with van der Waals surface area (Å²) in [5.74, 6) is 1.89. The lowest BCUT2D eigenvalue weighted by Gasteiger charge is -2.32. The molecule has 1 aliphatic rings. The van der Waals surface area contributed by atoms with Crippen LogP contribution in [0.2, 0.25) is 0 Å². The molecule has 3 heterocycles. The molecule has 2 aromatic rings. The number of carbonyl (C=O) groups excluding carboxylic acids is 1. The molecule has 1 N–H and O–H groups in total. The minimum atomic E-state index is 0.0530. The Morgan fingerprint density at radius 2 is 2.25 bits per heavy atom. The van der Waals surface area contributed by atoms with Crippen LogP contribution >= 0.6 is 0 Å². The van der Waals surface area contributed by atoms with Gasteiger partial charge in [0.1, 0.15) is 5.82 Å². The highest BCUT2D eigenvalue weighted by Crippen LogP contribution is 2.26. The number of nitrogens with zero attached hydrogens (tertiary/aromatic N) is 4. The van der Waals surface area contributed by atoms with Crippen molar-refractivity contribution < 1.29 is 4.79 Å². The molecule has 0 aliphatic carbocycles. The second-order valence-electron chi connectivity index (χ2n) is 7.04. The van der Waals surface area contributed by atoms with E-state index in [9.17, 15) is 4.79 Å². The van der Waals surface area contributed by atoms with E-state index in [1.54, 1.807) is 0 Å². The monoisotopic (exact) mass is 329 g/mol. The zero-order valence-corrected chi connectivity index (χ0v) is 14.6. The molecule has 6 heteroatoms. The van der Waals surface area contributed by atoms with Crippen molar-refractivity contribution in [3.8, 4) is 0 Å². The number of amides is 2. The number of nitrogens with one attached hydrogen (secondary N) is 1. The lowest BCUT2D eigenvalue weighted by molar-refractivity contribution is 0.178. The normalized spacial score (nSPS) is 18.3. The summed E-state index contributed by atoms with van der Waals surface area (Å²) >= 11 is 0. The van der Waals surface area contributed by atoms with E-state index in [4.69, 9.17) is 0 Å². The molecule has 0 unspecified atom stereocenters. The van der Waals surface area contributed by atoms with Crippen molar-refractivity contribution in [3.63, 3.8) is 0 Å². The Balaban J connectivity index is 1.59. The van der Waals surface area contributed by atoms with Crippen LogP contribution in [-0.2, 0) is 0 Å². The number of aromatic nitrogens is 3.